The van der Waals surface area contributed by atoms with Gasteiger partial charge >= 0.3 is 0 Å². The summed E-state index contributed by atoms with van der Waals surface area (Å²) in [4.78, 5) is 23.3. The molecule has 1 aromatic rings. The second kappa shape index (κ2) is 11.2. The molecule has 1 aromatic carbocycles. The van der Waals surface area contributed by atoms with E-state index >= 15 is 0 Å². The number of fused-ring (bicyclic) bond motifs is 1. The summed E-state index contributed by atoms with van der Waals surface area (Å²) in [5.41, 5.74) is 4.39. The van der Waals surface area contributed by atoms with E-state index in [1.54, 1.807) is 13.2 Å². The summed E-state index contributed by atoms with van der Waals surface area (Å²) in [6.45, 7) is 3.72. The molecular formula is C22H29F2N7O3. The Bertz CT molecular complexity index is 1040. The number of nitrogens with one attached hydrogen (secondary N) is 3. The van der Waals surface area contributed by atoms with E-state index in [2.05, 4.69) is 26.0 Å². The Hall–Kier alpha value is -3.35. The molecule has 0 bridgehead atoms. The van der Waals surface area contributed by atoms with Gasteiger partial charge in [-0.1, -0.05) is 6.07 Å². The van der Waals surface area contributed by atoms with Crippen molar-refractivity contribution in [2.45, 2.75) is 26.0 Å². The molecule has 0 aliphatic carbocycles. The van der Waals surface area contributed by atoms with Gasteiger partial charge < -0.3 is 30.8 Å². The number of carbonyl (C=O) groups is 1. The first-order chi connectivity index (χ1) is 16.2. The highest BCUT2D eigenvalue weighted by molar-refractivity contribution is 6.42. The van der Waals surface area contributed by atoms with Crippen LogP contribution in [0.2, 0.25) is 0 Å². The third kappa shape index (κ3) is 5.95. The van der Waals surface area contributed by atoms with Gasteiger partial charge in [-0.15, -0.1) is 0 Å². The van der Waals surface area contributed by atoms with Crippen molar-refractivity contribution in [3.8, 4) is 0 Å². The first-order valence-corrected chi connectivity index (χ1v) is 10.7. The predicted octanol–water partition coefficient (Wildman–Crippen LogP) is 0.542. The predicted molar refractivity (Wildman–Crippen MR) is 125 cm³/mol. The zero-order valence-corrected chi connectivity index (χ0v) is 19.2. The number of anilines is 1. The highest BCUT2D eigenvalue weighted by Crippen LogP contribution is 2.23. The zero-order valence-electron chi connectivity index (χ0n) is 19.2. The van der Waals surface area contributed by atoms with Gasteiger partial charge in [0.05, 0.1) is 37.5 Å². The number of hydrazine groups is 1. The molecule has 34 heavy (non-hydrogen) atoms. The van der Waals surface area contributed by atoms with Crippen LogP contribution in [0.5, 0.6) is 0 Å². The molecule has 3 rings (SSSR count). The Morgan fingerprint density at radius 2 is 2.24 bits per heavy atom. The minimum Gasteiger partial charge on any atom is -0.394 e. The Morgan fingerprint density at radius 1 is 1.47 bits per heavy atom. The normalized spacial score (nSPS) is 19.9. The first kappa shape index (κ1) is 25.3. The standard InChI is InChI=1S/C22H29F2N7O3/c1-13(9-30(25-3)11-19(34)29-17-6-4-5-16(23)20(17)24)18-8-27-22-21(26-7-15(33)12-32)28-14(2)10-31(18)22/h4-6,9-10,15,18,25,32-33H,7-8,11-12H2,1-3H3,(H,26,28)(H,29,34)/b13-9+. The fourth-order valence-corrected chi connectivity index (χ4v) is 3.52. The number of aliphatic hydroxyl groups is 2. The molecule has 0 saturated heterocycles. The van der Waals surface area contributed by atoms with Crippen LogP contribution in [-0.2, 0) is 4.79 Å². The van der Waals surface area contributed by atoms with Gasteiger partial charge in [-0.25, -0.2) is 14.2 Å². The van der Waals surface area contributed by atoms with Crippen LogP contribution in [0, 0.1) is 11.6 Å². The maximum Gasteiger partial charge on any atom is 0.245 e. The van der Waals surface area contributed by atoms with Gasteiger partial charge in [0.2, 0.25) is 5.91 Å². The monoisotopic (exact) mass is 477 g/mol. The Labute approximate surface area is 196 Å². The molecule has 2 aliphatic rings. The lowest BCUT2D eigenvalue weighted by Gasteiger charge is -2.31. The van der Waals surface area contributed by atoms with Crippen LogP contribution in [0.3, 0.4) is 0 Å². The first-order valence-electron chi connectivity index (χ1n) is 10.7. The van der Waals surface area contributed by atoms with Gasteiger partial charge in [0.15, 0.2) is 23.3 Å². The number of rotatable bonds is 9. The van der Waals surface area contributed by atoms with Gasteiger partial charge in [-0.2, -0.15) is 0 Å². The maximum atomic E-state index is 13.8. The lowest BCUT2D eigenvalue weighted by atomic mass is 10.1. The Kier molecular flexibility index (Phi) is 8.31. The minimum atomic E-state index is -1.11. The largest absolute Gasteiger partial charge is 0.394 e. The van der Waals surface area contributed by atoms with Crippen molar-refractivity contribution in [1.82, 2.24) is 20.7 Å². The van der Waals surface area contributed by atoms with E-state index in [9.17, 15) is 18.7 Å². The fourth-order valence-electron chi connectivity index (χ4n) is 3.52. The van der Waals surface area contributed by atoms with Crippen molar-refractivity contribution >= 4 is 23.3 Å². The highest BCUT2D eigenvalue weighted by atomic mass is 19.2. The van der Waals surface area contributed by atoms with Crippen molar-refractivity contribution in [2.24, 2.45) is 9.98 Å². The van der Waals surface area contributed by atoms with Crippen molar-refractivity contribution in [2.75, 3.05) is 38.6 Å². The number of hydrogen-bond acceptors (Lipinski definition) is 8. The van der Waals surface area contributed by atoms with Crippen LogP contribution >= 0.6 is 0 Å². The maximum absolute atomic E-state index is 13.8. The lowest BCUT2D eigenvalue weighted by molar-refractivity contribution is -0.117. The average Bonchev–Trinajstić information content (AvgIpc) is 3.23. The summed E-state index contributed by atoms with van der Waals surface area (Å²) >= 11 is 0. The van der Waals surface area contributed by atoms with Gasteiger partial charge in [0, 0.05) is 25.1 Å². The number of amides is 1. The molecule has 1 amide bonds. The molecule has 2 atom stereocenters. The van der Waals surface area contributed by atoms with E-state index in [0.717, 1.165) is 17.3 Å². The molecule has 2 unspecified atom stereocenters. The smallest absolute Gasteiger partial charge is 0.245 e. The average molecular weight is 478 g/mol. The van der Waals surface area contributed by atoms with Gasteiger partial charge in [0.1, 0.15) is 6.54 Å². The third-order valence-corrected chi connectivity index (χ3v) is 5.24. The summed E-state index contributed by atoms with van der Waals surface area (Å²) in [6.07, 6.45) is 2.70. The van der Waals surface area contributed by atoms with E-state index in [4.69, 9.17) is 5.11 Å². The van der Waals surface area contributed by atoms with Crippen molar-refractivity contribution in [1.29, 1.82) is 0 Å². The van der Waals surface area contributed by atoms with Crippen LogP contribution in [0.4, 0.5) is 14.5 Å². The fraction of sp³-hybridized carbons (Fsp3) is 0.409. The zero-order chi connectivity index (χ0) is 24.8. The molecule has 0 radical (unpaired) electrons. The molecule has 2 aliphatic heterocycles. The quantitative estimate of drug-likeness (QED) is 0.329. The van der Waals surface area contributed by atoms with Crippen LogP contribution in [-0.4, -0.2) is 83.1 Å². The van der Waals surface area contributed by atoms with Crippen LogP contribution in [0.1, 0.15) is 13.8 Å². The number of amidine groups is 2. The van der Waals surface area contributed by atoms with E-state index in [0.29, 0.717) is 18.2 Å². The highest BCUT2D eigenvalue weighted by Gasteiger charge is 2.33. The number of allylic oxidation sites excluding steroid dienone is 1. The number of carbonyl (C=O) groups excluding carboxylic acids is 1. The van der Waals surface area contributed by atoms with Crippen molar-refractivity contribution in [3.63, 3.8) is 0 Å². The molecule has 184 valence electrons. The molecular weight excluding hydrogens is 448 g/mol. The second-order valence-electron chi connectivity index (χ2n) is 7.92. The van der Waals surface area contributed by atoms with Gasteiger partial charge in [-0.05, 0) is 31.6 Å². The summed E-state index contributed by atoms with van der Waals surface area (Å²) in [5.74, 6) is -1.56. The Balaban J connectivity index is 1.69. The molecule has 0 spiro atoms. The molecule has 2 heterocycles. The van der Waals surface area contributed by atoms with E-state index in [-0.39, 0.29) is 31.4 Å². The minimum absolute atomic E-state index is 0.0347. The van der Waals surface area contributed by atoms with Crippen molar-refractivity contribution < 1.29 is 23.8 Å². The summed E-state index contributed by atoms with van der Waals surface area (Å²) in [5, 5.41) is 25.7. The summed E-state index contributed by atoms with van der Waals surface area (Å²) < 4.78 is 27.2. The molecule has 0 saturated carbocycles. The number of benzene rings is 1. The van der Waals surface area contributed by atoms with E-state index in [1.165, 1.54) is 17.1 Å². The number of aliphatic hydroxyl groups excluding tert-OH is 2. The number of halogens is 2. The lowest BCUT2D eigenvalue weighted by Crippen LogP contribution is -2.47. The number of hydrogen-bond donors (Lipinski definition) is 5. The van der Waals surface area contributed by atoms with Crippen LogP contribution in [0.15, 0.2) is 51.9 Å². The van der Waals surface area contributed by atoms with Gasteiger partial charge in [0.25, 0.3) is 0 Å². The molecule has 0 fully saturated rings. The molecule has 0 aromatic heterocycles. The second-order valence-corrected chi connectivity index (χ2v) is 7.92. The summed E-state index contributed by atoms with van der Waals surface area (Å²) in [6, 6.07) is 3.44. The number of nitrogens with zero attached hydrogens (tertiary/aromatic N) is 4. The van der Waals surface area contributed by atoms with Crippen LogP contribution < -0.4 is 16.1 Å². The summed E-state index contributed by atoms with van der Waals surface area (Å²) in [7, 11) is 1.64. The van der Waals surface area contributed by atoms with Gasteiger partial charge in [-0.3, -0.25) is 14.8 Å². The van der Waals surface area contributed by atoms with Crippen LogP contribution in [0.25, 0.3) is 0 Å². The molecule has 12 heteroatoms. The Morgan fingerprint density at radius 3 is 2.94 bits per heavy atom. The molecule has 5 N–H and O–H groups in total. The van der Waals surface area contributed by atoms with Crippen molar-refractivity contribution in [3.05, 3.63) is 53.5 Å². The SMILES string of the molecule is CNN(/C=C(\C)C1CN=C2C(=NCC(O)CO)NC(C)=CN21)CC(=O)Nc1cccc(F)c1F. The van der Waals surface area contributed by atoms with E-state index in [1.807, 2.05) is 24.9 Å². The van der Waals surface area contributed by atoms with E-state index < -0.39 is 23.6 Å². The number of aliphatic imine (C=N–C) groups is 2. The molecule has 10 nitrogen and oxygen atoms in total. The topological polar surface area (TPSA) is 125 Å². The third-order valence-electron chi connectivity index (χ3n) is 5.24.